The first-order valence-electron chi connectivity index (χ1n) is 11.4. The van der Waals surface area contributed by atoms with Gasteiger partial charge in [-0.2, -0.15) is 0 Å². The molecule has 0 saturated carbocycles. The third-order valence-corrected chi connectivity index (χ3v) is 4.57. The highest BCUT2D eigenvalue weighted by molar-refractivity contribution is 6.02. The standard InChI is InChI=1S/C23H26N4O.C5H10/c1-2-15-26-27-23(21-13-6-7-14-22(21)24)25-17-18-9-8-12-20(16-18)28-19-10-4-3-5-11-19;1-4-5(2)3/h3-14,16,26H,2,15,17,24H2,1H3,(H,25,27);4-5H,1H2,2-3H3. The molecule has 0 saturated heterocycles. The van der Waals surface area contributed by atoms with Crippen molar-refractivity contribution in [3.8, 4) is 11.5 Å². The maximum absolute atomic E-state index is 6.14. The minimum atomic E-state index is 0.510. The van der Waals surface area contributed by atoms with Crippen molar-refractivity contribution >= 4 is 11.5 Å². The second kappa shape index (κ2) is 14.5. The van der Waals surface area contributed by atoms with E-state index in [-0.39, 0.29) is 0 Å². The number of nitrogen functional groups attached to an aromatic ring is 1. The van der Waals surface area contributed by atoms with E-state index in [1.165, 1.54) is 0 Å². The van der Waals surface area contributed by atoms with Crippen molar-refractivity contribution in [3.63, 3.8) is 0 Å². The highest BCUT2D eigenvalue weighted by atomic mass is 16.5. The second-order valence-electron chi connectivity index (χ2n) is 7.85. The fraction of sp³-hybridized carbons (Fsp3) is 0.250. The SMILES string of the molecule is C=CC(C)C.CCCNNC(=NCc1cccc(Oc2ccccc2)c1)c1ccccc1N. The first-order chi connectivity index (χ1) is 16.0. The van der Waals surface area contributed by atoms with Gasteiger partial charge in [0.25, 0.3) is 0 Å². The Morgan fingerprint density at radius 1 is 1.00 bits per heavy atom. The van der Waals surface area contributed by atoms with Crippen molar-refractivity contribution in [1.82, 2.24) is 10.9 Å². The summed E-state index contributed by atoms with van der Waals surface area (Å²) < 4.78 is 5.91. The van der Waals surface area contributed by atoms with E-state index in [9.17, 15) is 0 Å². The van der Waals surface area contributed by atoms with Gasteiger partial charge in [0.05, 0.1) is 6.54 Å². The van der Waals surface area contributed by atoms with Gasteiger partial charge in [-0.15, -0.1) is 6.58 Å². The van der Waals surface area contributed by atoms with Gasteiger partial charge in [0.1, 0.15) is 17.3 Å². The van der Waals surface area contributed by atoms with Gasteiger partial charge >= 0.3 is 0 Å². The maximum atomic E-state index is 6.14. The number of hydrogen-bond donors (Lipinski definition) is 3. The molecule has 0 aliphatic carbocycles. The first kappa shape index (κ1) is 25.7. The molecule has 3 aromatic carbocycles. The Morgan fingerprint density at radius 2 is 1.67 bits per heavy atom. The third kappa shape index (κ3) is 9.62. The number of amidine groups is 1. The van der Waals surface area contributed by atoms with Crippen LogP contribution in [0.2, 0.25) is 0 Å². The quantitative estimate of drug-likeness (QED) is 0.0899. The number of ether oxygens (including phenoxy) is 1. The Bertz CT molecular complexity index is 1000. The van der Waals surface area contributed by atoms with E-state index >= 15 is 0 Å². The molecule has 0 atom stereocenters. The Kier molecular flexibility index (Phi) is 11.3. The summed E-state index contributed by atoms with van der Waals surface area (Å²) in [5, 5.41) is 0. The van der Waals surface area contributed by atoms with Crippen LogP contribution in [0.3, 0.4) is 0 Å². The molecule has 0 aromatic heterocycles. The molecule has 4 N–H and O–H groups in total. The molecule has 0 aliphatic heterocycles. The normalized spacial score (nSPS) is 10.8. The summed E-state index contributed by atoms with van der Waals surface area (Å²) in [6.45, 7) is 11.2. The van der Waals surface area contributed by atoms with E-state index in [2.05, 4.69) is 38.2 Å². The number of nitrogens with one attached hydrogen (secondary N) is 2. The topological polar surface area (TPSA) is 71.7 Å². The smallest absolute Gasteiger partial charge is 0.145 e. The second-order valence-corrected chi connectivity index (χ2v) is 7.85. The van der Waals surface area contributed by atoms with Crippen LogP contribution in [0.5, 0.6) is 11.5 Å². The number of benzene rings is 3. The van der Waals surface area contributed by atoms with E-state index < -0.39 is 0 Å². The Labute approximate surface area is 198 Å². The van der Waals surface area contributed by atoms with Gasteiger partial charge in [0.2, 0.25) is 0 Å². The molecule has 3 rings (SSSR count). The summed E-state index contributed by atoms with van der Waals surface area (Å²) in [5.74, 6) is 2.97. The third-order valence-electron chi connectivity index (χ3n) is 4.57. The first-order valence-corrected chi connectivity index (χ1v) is 11.4. The predicted octanol–water partition coefficient (Wildman–Crippen LogP) is 6.34. The number of allylic oxidation sites excluding steroid dienone is 1. The van der Waals surface area contributed by atoms with E-state index in [1.807, 2.05) is 84.9 Å². The average molecular weight is 445 g/mol. The summed E-state index contributed by atoms with van der Waals surface area (Å²) in [7, 11) is 0. The van der Waals surface area contributed by atoms with Crippen molar-refractivity contribution in [3.05, 3.63) is 103 Å². The molecule has 0 aliphatic rings. The van der Waals surface area contributed by atoms with Crippen LogP contribution >= 0.6 is 0 Å². The van der Waals surface area contributed by atoms with Crippen LogP contribution in [0, 0.1) is 5.92 Å². The van der Waals surface area contributed by atoms with Gasteiger partial charge < -0.3 is 15.9 Å². The summed E-state index contributed by atoms with van der Waals surface area (Å²) in [6, 6.07) is 25.4. The number of hydrazine groups is 1. The van der Waals surface area contributed by atoms with Crippen molar-refractivity contribution in [2.75, 3.05) is 12.3 Å². The molecule has 33 heavy (non-hydrogen) atoms. The Morgan fingerprint density at radius 3 is 2.33 bits per heavy atom. The summed E-state index contributed by atoms with van der Waals surface area (Å²) >= 11 is 0. The number of rotatable bonds is 9. The molecule has 0 bridgehead atoms. The lowest BCUT2D eigenvalue weighted by molar-refractivity contribution is 0.482. The van der Waals surface area contributed by atoms with Crippen molar-refractivity contribution in [1.29, 1.82) is 0 Å². The van der Waals surface area contributed by atoms with Crippen molar-refractivity contribution in [2.24, 2.45) is 10.9 Å². The van der Waals surface area contributed by atoms with Crippen LogP contribution in [0.1, 0.15) is 38.3 Å². The number of hydrogen-bond acceptors (Lipinski definition) is 4. The van der Waals surface area contributed by atoms with Gasteiger partial charge in [0.15, 0.2) is 0 Å². The monoisotopic (exact) mass is 444 g/mol. The molecule has 174 valence electrons. The maximum Gasteiger partial charge on any atom is 0.145 e. The summed E-state index contributed by atoms with van der Waals surface area (Å²) in [6.07, 6.45) is 2.93. The van der Waals surface area contributed by atoms with E-state index in [0.29, 0.717) is 18.2 Å². The van der Waals surface area contributed by atoms with Gasteiger partial charge in [-0.3, -0.25) is 4.99 Å². The number of aliphatic imine (C=N–C) groups is 1. The largest absolute Gasteiger partial charge is 0.457 e. The summed E-state index contributed by atoms with van der Waals surface area (Å²) in [5.41, 5.74) is 15.1. The van der Waals surface area contributed by atoms with Gasteiger partial charge in [-0.05, 0) is 54.3 Å². The average Bonchev–Trinajstić information content (AvgIpc) is 2.83. The zero-order valence-corrected chi connectivity index (χ0v) is 19.9. The highest BCUT2D eigenvalue weighted by Gasteiger charge is 2.07. The number of nitrogens with two attached hydrogens (primary N) is 1. The predicted molar refractivity (Wildman–Crippen MR) is 141 cm³/mol. The van der Waals surface area contributed by atoms with E-state index in [0.717, 1.165) is 41.4 Å². The number of para-hydroxylation sites is 2. The van der Waals surface area contributed by atoms with Crippen LogP contribution < -0.4 is 21.3 Å². The minimum Gasteiger partial charge on any atom is -0.457 e. The zero-order valence-electron chi connectivity index (χ0n) is 19.9. The molecule has 0 amide bonds. The van der Waals surface area contributed by atoms with Crippen LogP contribution in [0.25, 0.3) is 0 Å². The fourth-order valence-electron chi connectivity index (χ4n) is 2.68. The number of anilines is 1. The molecule has 0 fully saturated rings. The van der Waals surface area contributed by atoms with Crippen LogP contribution in [-0.4, -0.2) is 12.4 Å². The minimum absolute atomic E-state index is 0.510. The van der Waals surface area contributed by atoms with E-state index in [4.69, 9.17) is 15.5 Å². The highest BCUT2D eigenvalue weighted by Crippen LogP contribution is 2.22. The molecular weight excluding hydrogens is 408 g/mol. The van der Waals surface area contributed by atoms with Gasteiger partial charge in [-0.25, -0.2) is 5.43 Å². The summed E-state index contributed by atoms with van der Waals surface area (Å²) in [4.78, 5) is 4.75. The van der Waals surface area contributed by atoms with Crippen molar-refractivity contribution < 1.29 is 4.74 Å². The van der Waals surface area contributed by atoms with Crippen LogP contribution in [0.4, 0.5) is 5.69 Å². The number of nitrogens with zero attached hydrogens (tertiary/aromatic N) is 1. The molecular formula is C28H36N4O. The lowest BCUT2D eigenvalue weighted by atomic mass is 10.1. The van der Waals surface area contributed by atoms with Gasteiger partial charge in [0, 0.05) is 17.8 Å². The Balaban J connectivity index is 0.000000696. The molecule has 0 spiro atoms. The van der Waals surface area contributed by atoms with Crippen LogP contribution in [0.15, 0.2) is 96.5 Å². The Hall–Kier alpha value is -3.57. The molecule has 3 aromatic rings. The fourth-order valence-corrected chi connectivity index (χ4v) is 2.68. The molecule has 5 nitrogen and oxygen atoms in total. The van der Waals surface area contributed by atoms with E-state index in [1.54, 1.807) is 0 Å². The molecule has 0 unspecified atom stereocenters. The molecule has 5 heteroatoms. The zero-order chi connectivity index (χ0) is 23.9. The van der Waals surface area contributed by atoms with Crippen LogP contribution in [-0.2, 0) is 6.54 Å². The molecule has 0 radical (unpaired) electrons. The van der Waals surface area contributed by atoms with Gasteiger partial charge in [-0.1, -0.05) is 69.3 Å². The molecule has 0 heterocycles. The lowest BCUT2D eigenvalue weighted by Crippen LogP contribution is -2.38. The lowest BCUT2D eigenvalue weighted by Gasteiger charge is -2.13. The van der Waals surface area contributed by atoms with Crippen molar-refractivity contribution in [2.45, 2.75) is 33.7 Å².